The molecule has 0 unspecified atom stereocenters. The minimum absolute atomic E-state index is 0.882. The van der Waals surface area contributed by atoms with Crippen LogP contribution in [0, 0.1) is 0 Å². The Morgan fingerprint density at radius 3 is 1.35 bits per heavy atom. The van der Waals surface area contributed by atoms with Gasteiger partial charge in [-0.05, 0) is 64.0 Å². The van der Waals surface area contributed by atoms with Crippen molar-refractivity contribution in [2.24, 2.45) is 0 Å². The second kappa shape index (κ2) is 13.6. The van der Waals surface area contributed by atoms with E-state index in [0.717, 1.165) is 22.6 Å². The molecule has 8 aromatic rings. The molecule has 0 aliphatic rings. The molecule has 0 bridgehead atoms. The Balaban J connectivity index is 0.000000707. The van der Waals surface area contributed by atoms with Gasteiger partial charge < -0.3 is 21.7 Å². The molecular formula is C42H30BF4OP. The summed E-state index contributed by atoms with van der Waals surface area (Å²) in [4.78, 5) is 0. The van der Waals surface area contributed by atoms with Crippen LogP contribution < -0.4 is 21.2 Å². The van der Waals surface area contributed by atoms with Gasteiger partial charge in [0.15, 0.2) is 11.1 Å². The first kappa shape index (κ1) is 32.1. The van der Waals surface area contributed by atoms with Gasteiger partial charge in [0.1, 0.15) is 28.9 Å². The van der Waals surface area contributed by atoms with Crippen molar-refractivity contribution in [3.63, 3.8) is 0 Å². The first-order chi connectivity index (χ1) is 23.8. The molecule has 0 N–H and O–H groups in total. The van der Waals surface area contributed by atoms with E-state index in [9.17, 15) is 17.3 Å². The molecule has 0 aliphatic heterocycles. The zero-order valence-corrected chi connectivity index (χ0v) is 27.2. The third-order valence-corrected chi connectivity index (χ3v) is 12.8. The number of hydrogen-bond donors (Lipinski definition) is 0. The van der Waals surface area contributed by atoms with Crippen LogP contribution in [0.3, 0.4) is 0 Å². The van der Waals surface area contributed by atoms with Gasteiger partial charge in [-0.15, -0.1) is 0 Å². The summed E-state index contributed by atoms with van der Waals surface area (Å²) < 4.78 is 46.1. The summed E-state index contributed by atoms with van der Waals surface area (Å²) >= 11 is 0. The van der Waals surface area contributed by atoms with Crippen LogP contribution in [0.5, 0.6) is 0 Å². The van der Waals surface area contributed by atoms with E-state index in [0.29, 0.717) is 0 Å². The topological polar surface area (TPSA) is 13.1 Å². The standard InChI is InChI=1S/C42H30OP.BF4/c1-5-17-31(18-6-1)42-41(30-40(43-42)39-29-32-19-13-14-26-36(32)37-27-15-16-28-38(37)39)44(33-20-7-2-8-21-33,34-22-9-3-10-23-34)35-24-11-4-12-25-35;2-1(3,4)5/h1-30H;/q+1;-1. The van der Waals surface area contributed by atoms with Crippen LogP contribution >= 0.6 is 7.26 Å². The maximum atomic E-state index is 9.75. The molecule has 7 aromatic carbocycles. The molecule has 1 aromatic heterocycles. The highest BCUT2D eigenvalue weighted by atomic mass is 31.2. The Labute approximate surface area is 282 Å². The Morgan fingerprint density at radius 1 is 0.429 bits per heavy atom. The van der Waals surface area contributed by atoms with Crippen molar-refractivity contribution in [2.45, 2.75) is 0 Å². The van der Waals surface area contributed by atoms with E-state index in [1.165, 1.54) is 42.8 Å². The molecule has 1 heterocycles. The van der Waals surface area contributed by atoms with Crippen molar-refractivity contribution < 1.29 is 21.7 Å². The molecule has 0 spiro atoms. The number of furan rings is 1. The lowest BCUT2D eigenvalue weighted by atomic mass is 9.96. The Morgan fingerprint density at radius 2 is 0.837 bits per heavy atom. The van der Waals surface area contributed by atoms with Gasteiger partial charge in [-0.1, -0.05) is 133 Å². The highest BCUT2D eigenvalue weighted by Crippen LogP contribution is 2.57. The summed E-state index contributed by atoms with van der Waals surface area (Å²) in [5.74, 6) is 1.80. The molecule has 240 valence electrons. The van der Waals surface area contributed by atoms with Gasteiger partial charge in [0, 0.05) is 17.2 Å². The average Bonchev–Trinajstić information content (AvgIpc) is 3.58. The predicted octanol–water partition coefficient (Wildman–Crippen LogP) is 10.8. The quantitative estimate of drug-likeness (QED) is 0.0744. The maximum Gasteiger partial charge on any atom is 0.673 e. The SMILES string of the molecule is F[B-](F)(F)F.c1ccc(-c2oc(-c3cc4ccccc4c4ccccc34)cc2[P+](c2ccccc2)(c2ccccc2)c2ccccc2)cc1. The molecule has 7 heteroatoms. The van der Waals surface area contributed by atoms with Crippen LogP contribution in [-0.4, -0.2) is 7.25 Å². The van der Waals surface area contributed by atoms with Gasteiger partial charge in [0.2, 0.25) is 0 Å². The molecule has 0 aliphatic carbocycles. The number of halogens is 4. The van der Waals surface area contributed by atoms with E-state index in [1.807, 2.05) is 0 Å². The van der Waals surface area contributed by atoms with Crippen LogP contribution in [0.4, 0.5) is 17.3 Å². The minimum Gasteiger partial charge on any atom is -0.452 e. The molecular weight excluding hydrogens is 638 g/mol. The smallest absolute Gasteiger partial charge is 0.452 e. The molecule has 0 saturated heterocycles. The molecule has 1 nitrogen and oxygen atoms in total. The van der Waals surface area contributed by atoms with E-state index in [4.69, 9.17) is 4.42 Å². The zero-order chi connectivity index (χ0) is 33.8. The zero-order valence-electron chi connectivity index (χ0n) is 26.3. The molecule has 0 atom stereocenters. The van der Waals surface area contributed by atoms with E-state index >= 15 is 0 Å². The Bertz CT molecular complexity index is 2220. The van der Waals surface area contributed by atoms with Gasteiger partial charge in [-0.2, -0.15) is 0 Å². The van der Waals surface area contributed by atoms with Crippen LogP contribution in [-0.2, 0) is 0 Å². The second-order valence-corrected chi connectivity index (χ2v) is 14.9. The second-order valence-electron chi connectivity index (χ2n) is 11.6. The van der Waals surface area contributed by atoms with E-state index in [-0.39, 0.29) is 0 Å². The van der Waals surface area contributed by atoms with Gasteiger partial charge >= 0.3 is 7.25 Å². The molecule has 0 fully saturated rings. The van der Waals surface area contributed by atoms with Gasteiger partial charge in [0.05, 0.1) is 0 Å². The monoisotopic (exact) mass is 668 g/mol. The lowest BCUT2D eigenvalue weighted by molar-refractivity contribution is 0.368. The van der Waals surface area contributed by atoms with Crippen molar-refractivity contribution in [3.8, 4) is 22.6 Å². The molecule has 0 radical (unpaired) electrons. The van der Waals surface area contributed by atoms with Gasteiger partial charge in [0.25, 0.3) is 0 Å². The first-order valence-corrected chi connectivity index (χ1v) is 17.7. The highest BCUT2D eigenvalue weighted by Gasteiger charge is 2.51. The summed E-state index contributed by atoms with van der Waals surface area (Å²) in [6.45, 7) is 0. The molecule has 8 rings (SSSR count). The summed E-state index contributed by atoms with van der Waals surface area (Å²) in [5.41, 5.74) is 2.18. The highest BCUT2D eigenvalue weighted by molar-refractivity contribution is 8.01. The number of hydrogen-bond acceptors (Lipinski definition) is 1. The molecule has 0 saturated carbocycles. The van der Waals surface area contributed by atoms with Crippen LogP contribution in [0.25, 0.3) is 44.2 Å². The Hall–Kier alpha value is -5.45. The van der Waals surface area contributed by atoms with Crippen molar-refractivity contribution >= 4 is 57.3 Å². The fraction of sp³-hybridized carbons (Fsp3) is 0. The number of benzene rings is 7. The summed E-state index contributed by atoms with van der Waals surface area (Å²) in [6.07, 6.45) is 0. The third kappa shape index (κ3) is 6.40. The summed E-state index contributed by atoms with van der Waals surface area (Å²) in [5, 5.41) is 9.99. The van der Waals surface area contributed by atoms with Crippen molar-refractivity contribution in [2.75, 3.05) is 0 Å². The Kier molecular flexibility index (Phi) is 8.90. The van der Waals surface area contributed by atoms with Crippen molar-refractivity contribution in [1.29, 1.82) is 0 Å². The summed E-state index contributed by atoms with van der Waals surface area (Å²) in [7, 11) is -8.41. The third-order valence-electron chi connectivity index (χ3n) is 8.57. The molecule has 49 heavy (non-hydrogen) atoms. The van der Waals surface area contributed by atoms with Crippen LogP contribution in [0.1, 0.15) is 0 Å². The van der Waals surface area contributed by atoms with Gasteiger partial charge in [-0.3, -0.25) is 0 Å². The first-order valence-electron chi connectivity index (χ1n) is 15.9. The van der Waals surface area contributed by atoms with Crippen LogP contribution in [0.15, 0.2) is 186 Å². The number of rotatable bonds is 6. The molecule has 0 amide bonds. The van der Waals surface area contributed by atoms with Gasteiger partial charge in [-0.25, -0.2) is 0 Å². The van der Waals surface area contributed by atoms with E-state index in [2.05, 4.69) is 182 Å². The normalized spacial score (nSPS) is 11.7. The van der Waals surface area contributed by atoms with E-state index in [1.54, 1.807) is 0 Å². The number of fused-ring (bicyclic) bond motifs is 3. The van der Waals surface area contributed by atoms with Crippen molar-refractivity contribution in [1.82, 2.24) is 0 Å². The average molecular weight is 668 g/mol. The lowest BCUT2D eigenvalue weighted by Gasteiger charge is -2.27. The lowest BCUT2D eigenvalue weighted by Crippen LogP contribution is -2.38. The minimum atomic E-state index is -6.00. The fourth-order valence-electron chi connectivity index (χ4n) is 6.64. The van der Waals surface area contributed by atoms with Crippen LogP contribution in [0.2, 0.25) is 0 Å². The van der Waals surface area contributed by atoms with E-state index < -0.39 is 14.5 Å². The largest absolute Gasteiger partial charge is 0.673 e. The van der Waals surface area contributed by atoms with Crippen molar-refractivity contribution in [3.05, 3.63) is 182 Å². The summed E-state index contributed by atoms with van der Waals surface area (Å²) in [6, 6.07) is 65.6. The fourth-order valence-corrected chi connectivity index (χ4v) is 11.0. The predicted molar refractivity (Wildman–Crippen MR) is 200 cm³/mol. The maximum absolute atomic E-state index is 9.75.